The zero-order chi connectivity index (χ0) is 28.6. The summed E-state index contributed by atoms with van der Waals surface area (Å²) in [4.78, 5) is 45.5. The lowest BCUT2D eigenvalue weighted by atomic mass is 9.94. The molecule has 208 valence electrons. The molecule has 9 heteroatoms. The van der Waals surface area contributed by atoms with E-state index >= 15 is 0 Å². The number of aliphatic hydroxyl groups is 1. The van der Waals surface area contributed by atoms with E-state index in [0.29, 0.717) is 40.5 Å². The second-order valence-electron chi connectivity index (χ2n) is 10.2. The van der Waals surface area contributed by atoms with Crippen LogP contribution in [0.3, 0.4) is 0 Å². The number of ketones is 2. The summed E-state index contributed by atoms with van der Waals surface area (Å²) in [7, 11) is 0. The van der Waals surface area contributed by atoms with E-state index in [1.165, 1.54) is 11.8 Å². The van der Waals surface area contributed by atoms with Crippen LogP contribution in [0.1, 0.15) is 78.1 Å². The highest BCUT2D eigenvalue weighted by molar-refractivity contribution is 7.18. The molecule has 1 aromatic heterocycles. The molecule has 1 N–H and O–H groups in total. The smallest absolute Gasteiger partial charge is 0.301 e. The Hall–Kier alpha value is -3.98. The number of Topliss-reactive ketones (excluding diaryl/α,β-unsaturated/α-hetero) is 2. The minimum Gasteiger partial charge on any atom is -0.507 e. The van der Waals surface area contributed by atoms with Crippen LogP contribution in [-0.2, 0) is 16.0 Å². The molecular formula is C31H32N2O6S. The van der Waals surface area contributed by atoms with E-state index in [4.69, 9.17) is 9.47 Å². The summed E-state index contributed by atoms with van der Waals surface area (Å²) in [6, 6.07) is 11.5. The van der Waals surface area contributed by atoms with Crippen LogP contribution in [0, 0.1) is 6.92 Å². The lowest BCUT2D eigenvalue weighted by molar-refractivity contribution is -0.132. The topological polar surface area (TPSA) is 106 Å². The van der Waals surface area contributed by atoms with Gasteiger partial charge in [0, 0.05) is 18.9 Å². The highest BCUT2D eigenvalue weighted by Gasteiger charge is 2.48. The number of nitrogens with zero attached hydrogens (tertiary/aromatic N) is 2. The molecule has 8 nitrogen and oxygen atoms in total. The predicted octanol–water partition coefficient (Wildman–Crippen LogP) is 6.17. The van der Waals surface area contributed by atoms with E-state index in [1.54, 1.807) is 43.3 Å². The van der Waals surface area contributed by atoms with Gasteiger partial charge in [-0.25, -0.2) is 4.98 Å². The molecule has 40 heavy (non-hydrogen) atoms. The van der Waals surface area contributed by atoms with Gasteiger partial charge in [0.2, 0.25) is 0 Å². The van der Waals surface area contributed by atoms with E-state index in [2.05, 4.69) is 11.9 Å². The minimum absolute atomic E-state index is 0.0154. The van der Waals surface area contributed by atoms with Crippen LogP contribution >= 0.6 is 11.3 Å². The van der Waals surface area contributed by atoms with Gasteiger partial charge in [-0.2, -0.15) is 0 Å². The number of aromatic nitrogens is 1. The first-order valence-corrected chi connectivity index (χ1v) is 14.3. The van der Waals surface area contributed by atoms with Crippen LogP contribution in [0.2, 0.25) is 0 Å². The Morgan fingerprint density at radius 1 is 1.20 bits per heavy atom. The Morgan fingerprint density at radius 3 is 2.73 bits per heavy atom. The Morgan fingerprint density at radius 2 is 2.00 bits per heavy atom. The van der Waals surface area contributed by atoms with E-state index in [-0.39, 0.29) is 28.4 Å². The quantitative estimate of drug-likeness (QED) is 0.110. The van der Waals surface area contributed by atoms with Gasteiger partial charge >= 0.3 is 5.91 Å². The fourth-order valence-electron chi connectivity index (χ4n) is 5.20. The van der Waals surface area contributed by atoms with Crippen molar-refractivity contribution < 1.29 is 29.0 Å². The van der Waals surface area contributed by atoms with E-state index in [9.17, 15) is 19.5 Å². The number of hydrogen-bond acceptors (Lipinski definition) is 8. The van der Waals surface area contributed by atoms with Gasteiger partial charge in [0.05, 0.1) is 28.8 Å². The molecule has 0 unspecified atom stereocenters. The number of amides is 1. The van der Waals surface area contributed by atoms with Crippen molar-refractivity contribution in [2.75, 3.05) is 11.5 Å². The number of aryl methyl sites for hydroxylation is 1. The summed E-state index contributed by atoms with van der Waals surface area (Å²) in [5, 5.41) is 11.8. The van der Waals surface area contributed by atoms with Crippen LogP contribution < -0.4 is 14.4 Å². The number of benzene rings is 2. The van der Waals surface area contributed by atoms with Gasteiger partial charge in [-0.05, 0) is 61.7 Å². The fraction of sp³-hybridized carbons (Fsp3) is 0.355. The molecule has 2 aliphatic heterocycles. The zero-order valence-electron chi connectivity index (χ0n) is 23.0. The molecule has 1 amide bonds. The molecule has 2 aromatic carbocycles. The molecular weight excluding hydrogens is 528 g/mol. The van der Waals surface area contributed by atoms with Crippen molar-refractivity contribution in [3.63, 3.8) is 0 Å². The summed E-state index contributed by atoms with van der Waals surface area (Å²) in [5.74, 6) is -0.748. The first-order valence-electron chi connectivity index (χ1n) is 13.5. The van der Waals surface area contributed by atoms with Crippen LogP contribution in [-0.4, -0.2) is 40.3 Å². The fourth-order valence-corrected chi connectivity index (χ4v) is 6.19. The van der Waals surface area contributed by atoms with Crippen molar-refractivity contribution in [3.05, 3.63) is 75.3 Å². The van der Waals surface area contributed by atoms with Crippen LogP contribution in [0.15, 0.2) is 48.0 Å². The van der Waals surface area contributed by atoms with Crippen LogP contribution in [0.4, 0.5) is 5.13 Å². The normalized spacial score (nSPS) is 19.6. The average molecular weight is 561 g/mol. The Balaban J connectivity index is 1.63. The number of thiazole rings is 1. The second kappa shape index (κ2) is 11.3. The molecule has 2 atom stereocenters. The maximum Gasteiger partial charge on any atom is 0.301 e. The molecule has 0 saturated carbocycles. The molecule has 1 saturated heterocycles. The van der Waals surface area contributed by atoms with Gasteiger partial charge in [-0.3, -0.25) is 19.3 Å². The third kappa shape index (κ3) is 5.13. The molecule has 2 aliphatic rings. The molecule has 0 bridgehead atoms. The van der Waals surface area contributed by atoms with Crippen molar-refractivity contribution >= 4 is 39.7 Å². The summed E-state index contributed by atoms with van der Waals surface area (Å²) < 4.78 is 11.7. The van der Waals surface area contributed by atoms with Crippen molar-refractivity contribution in [2.24, 2.45) is 0 Å². The lowest BCUT2D eigenvalue weighted by Crippen LogP contribution is -2.29. The molecule has 5 rings (SSSR count). The Labute approximate surface area is 237 Å². The highest BCUT2D eigenvalue weighted by Crippen LogP contribution is 2.45. The molecule has 0 aliphatic carbocycles. The number of carbonyl (C=O) groups is 3. The van der Waals surface area contributed by atoms with E-state index in [1.807, 2.05) is 13.0 Å². The first-order chi connectivity index (χ1) is 19.2. The number of carbonyl (C=O) groups excluding carboxylic acids is 3. The van der Waals surface area contributed by atoms with Crippen molar-refractivity contribution in [2.45, 2.75) is 65.5 Å². The Kier molecular flexibility index (Phi) is 7.76. The monoisotopic (exact) mass is 560 g/mol. The molecule has 0 spiro atoms. The number of rotatable bonds is 9. The largest absolute Gasteiger partial charge is 0.507 e. The zero-order valence-corrected chi connectivity index (χ0v) is 23.8. The number of fused-ring (bicyclic) bond motifs is 1. The molecule has 3 aromatic rings. The van der Waals surface area contributed by atoms with Gasteiger partial charge in [0.1, 0.15) is 23.4 Å². The average Bonchev–Trinajstić information content (AvgIpc) is 3.58. The van der Waals surface area contributed by atoms with Gasteiger partial charge in [-0.15, -0.1) is 0 Å². The van der Waals surface area contributed by atoms with Crippen molar-refractivity contribution in [3.8, 4) is 11.5 Å². The lowest BCUT2D eigenvalue weighted by Gasteiger charge is -2.23. The molecule has 1 fully saturated rings. The maximum absolute atomic E-state index is 13.6. The predicted molar refractivity (Wildman–Crippen MR) is 153 cm³/mol. The number of unbranched alkanes of at least 4 members (excludes halogenated alkanes) is 2. The van der Waals surface area contributed by atoms with Crippen molar-refractivity contribution in [1.29, 1.82) is 0 Å². The number of anilines is 1. The highest BCUT2D eigenvalue weighted by atomic mass is 32.1. The van der Waals surface area contributed by atoms with Gasteiger partial charge < -0.3 is 14.6 Å². The first kappa shape index (κ1) is 27.6. The van der Waals surface area contributed by atoms with Crippen molar-refractivity contribution in [1.82, 2.24) is 4.98 Å². The number of aliphatic hydroxyl groups excluding tert-OH is 1. The van der Waals surface area contributed by atoms with Gasteiger partial charge in [0.15, 0.2) is 10.9 Å². The van der Waals surface area contributed by atoms with Crippen LogP contribution in [0.25, 0.3) is 5.76 Å². The summed E-state index contributed by atoms with van der Waals surface area (Å²) >= 11 is 1.06. The van der Waals surface area contributed by atoms with Gasteiger partial charge in [-0.1, -0.05) is 43.2 Å². The minimum atomic E-state index is -0.965. The van der Waals surface area contributed by atoms with Gasteiger partial charge in [0.25, 0.3) is 5.78 Å². The molecule has 3 heterocycles. The second-order valence-corrected chi connectivity index (χ2v) is 11.2. The summed E-state index contributed by atoms with van der Waals surface area (Å²) in [6.07, 6.45) is 3.72. The summed E-state index contributed by atoms with van der Waals surface area (Å²) in [6.45, 7) is 7.76. The Bertz CT molecular complexity index is 1520. The summed E-state index contributed by atoms with van der Waals surface area (Å²) in [5.41, 5.74) is 2.37. The number of ether oxygens (including phenoxy) is 2. The third-order valence-corrected chi connectivity index (χ3v) is 8.37. The SMILES string of the molecule is CCCCCOc1cccc([C@H]2/C(=C(\O)c3ccc4c(c3)C[C@@H](C)O4)C(=O)C(=O)N2c2nc(C)c(C(C)=O)s2)c1. The van der Waals surface area contributed by atoms with E-state index in [0.717, 1.165) is 41.9 Å². The standard InChI is InChI=1S/C31H32N2O6S/c1-5-6-7-13-38-23-10-8-9-20(16-23)26-25(27(35)21-11-12-24-22(15-21)14-17(2)39-24)28(36)30(37)33(26)31-32-18(3)29(40-31)19(4)34/h8-12,15-17,26,35H,5-7,13-14H2,1-4H3/b27-25+/t17-,26+/m1/s1. The number of hydrogen-bond donors (Lipinski definition) is 1. The van der Waals surface area contributed by atoms with Crippen LogP contribution in [0.5, 0.6) is 11.5 Å². The maximum atomic E-state index is 13.6. The third-order valence-electron chi connectivity index (χ3n) is 7.12. The molecule has 0 radical (unpaired) electrons. The van der Waals surface area contributed by atoms with E-state index < -0.39 is 17.7 Å².